The minimum absolute atomic E-state index is 0.210. The maximum Gasteiger partial charge on any atom is 0.335 e. The van der Waals surface area contributed by atoms with Gasteiger partial charge in [0.05, 0.1) is 36.7 Å². The summed E-state index contributed by atoms with van der Waals surface area (Å²) in [5.74, 6) is -0.360. The van der Waals surface area contributed by atoms with Crippen LogP contribution in [0.15, 0.2) is 18.2 Å². The summed E-state index contributed by atoms with van der Waals surface area (Å²) in [7, 11) is 3.17. The summed E-state index contributed by atoms with van der Waals surface area (Å²) in [6.07, 6.45) is 0. The highest BCUT2D eigenvalue weighted by molar-refractivity contribution is 5.94. The number of nitrogens with zero attached hydrogens (tertiary/aromatic N) is 2. The van der Waals surface area contributed by atoms with Crippen LogP contribution in [0.3, 0.4) is 0 Å². The molecule has 0 amide bonds. The van der Waals surface area contributed by atoms with E-state index in [4.69, 9.17) is 14.6 Å². The van der Waals surface area contributed by atoms with Crippen LogP contribution in [0.2, 0.25) is 0 Å². The van der Waals surface area contributed by atoms with Gasteiger partial charge in [-0.05, 0) is 18.2 Å². The molecule has 6 nitrogen and oxygen atoms in total. The number of carboxylic acid groups (broad SMARTS) is 1. The summed E-state index contributed by atoms with van der Waals surface area (Å²) in [5, 5.41) is 14.0. The molecule has 0 radical (unpaired) electrons. The SMILES string of the molecule is COCCn1nc2cc(C(=O)O)ccc2c1OC. The van der Waals surface area contributed by atoms with E-state index in [1.165, 1.54) is 12.1 Å². The van der Waals surface area contributed by atoms with Crippen molar-refractivity contribution in [3.8, 4) is 5.88 Å². The van der Waals surface area contributed by atoms with Gasteiger partial charge in [-0.2, -0.15) is 5.10 Å². The summed E-state index contributed by atoms with van der Waals surface area (Å²) < 4.78 is 12.0. The Bertz CT molecular complexity index is 577. The largest absolute Gasteiger partial charge is 0.481 e. The Labute approximate surface area is 104 Å². The third-order valence-electron chi connectivity index (χ3n) is 2.64. The number of hydrogen-bond acceptors (Lipinski definition) is 4. The normalized spacial score (nSPS) is 10.8. The quantitative estimate of drug-likeness (QED) is 0.868. The first-order valence-electron chi connectivity index (χ1n) is 5.44. The number of aromatic nitrogens is 2. The summed E-state index contributed by atoms with van der Waals surface area (Å²) in [6.45, 7) is 1.06. The van der Waals surface area contributed by atoms with Crippen LogP contribution in [-0.2, 0) is 11.3 Å². The molecule has 1 aromatic heterocycles. The van der Waals surface area contributed by atoms with E-state index in [1.54, 1.807) is 25.0 Å². The summed E-state index contributed by atoms with van der Waals surface area (Å²) >= 11 is 0. The van der Waals surface area contributed by atoms with Crippen molar-refractivity contribution < 1.29 is 19.4 Å². The fourth-order valence-electron chi connectivity index (χ4n) is 1.79. The highest BCUT2D eigenvalue weighted by Crippen LogP contribution is 2.26. The van der Waals surface area contributed by atoms with Crippen molar-refractivity contribution in [1.29, 1.82) is 0 Å². The molecule has 1 aromatic carbocycles. The van der Waals surface area contributed by atoms with Crippen molar-refractivity contribution in [3.63, 3.8) is 0 Å². The number of rotatable bonds is 5. The molecule has 0 spiro atoms. The smallest absolute Gasteiger partial charge is 0.335 e. The standard InChI is InChI=1S/C12H14N2O4/c1-17-6-5-14-11(18-2)9-4-3-8(12(15)16)7-10(9)13-14/h3-4,7H,5-6H2,1-2H3,(H,15,16). The third kappa shape index (κ3) is 2.14. The van der Waals surface area contributed by atoms with E-state index in [9.17, 15) is 4.79 Å². The lowest BCUT2D eigenvalue weighted by Gasteiger charge is -2.04. The zero-order chi connectivity index (χ0) is 13.1. The second-order valence-electron chi connectivity index (χ2n) is 3.76. The minimum Gasteiger partial charge on any atom is -0.481 e. The van der Waals surface area contributed by atoms with Gasteiger partial charge in [0, 0.05) is 7.11 Å². The third-order valence-corrected chi connectivity index (χ3v) is 2.64. The Kier molecular flexibility index (Phi) is 3.47. The first kappa shape index (κ1) is 12.4. The van der Waals surface area contributed by atoms with Crippen LogP contribution in [-0.4, -0.2) is 41.7 Å². The molecule has 0 saturated carbocycles. The van der Waals surface area contributed by atoms with Gasteiger partial charge in [0.1, 0.15) is 0 Å². The maximum atomic E-state index is 10.9. The molecule has 2 rings (SSSR count). The van der Waals surface area contributed by atoms with E-state index in [1.807, 2.05) is 0 Å². The molecule has 0 unspecified atom stereocenters. The predicted molar refractivity (Wildman–Crippen MR) is 65.1 cm³/mol. The van der Waals surface area contributed by atoms with E-state index >= 15 is 0 Å². The molecule has 0 fully saturated rings. The Morgan fingerprint density at radius 1 is 1.44 bits per heavy atom. The molecular weight excluding hydrogens is 236 g/mol. The molecule has 18 heavy (non-hydrogen) atoms. The van der Waals surface area contributed by atoms with Crippen LogP contribution < -0.4 is 4.74 Å². The molecule has 0 aliphatic heterocycles. The number of benzene rings is 1. The number of hydrogen-bond donors (Lipinski definition) is 1. The maximum absolute atomic E-state index is 10.9. The number of carbonyl (C=O) groups is 1. The van der Waals surface area contributed by atoms with Crippen molar-refractivity contribution in [3.05, 3.63) is 23.8 Å². The van der Waals surface area contributed by atoms with Crippen LogP contribution >= 0.6 is 0 Å². The molecule has 0 aliphatic rings. The average Bonchev–Trinajstić information content (AvgIpc) is 2.72. The fraction of sp³-hybridized carbons (Fsp3) is 0.333. The second kappa shape index (κ2) is 5.05. The van der Waals surface area contributed by atoms with Crippen LogP contribution in [0.1, 0.15) is 10.4 Å². The average molecular weight is 250 g/mol. The summed E-state index contributed by atoms with van der Waals surface area (Å²) in [6, 6.07) is 4.77. The number of ether oxygens (including phenoxy) is 2. The molecule has 0 saturated heterocycles. The number of aromatic carboxylic acids is 1. The topological polar surface area (TPSA) is 73.6 Å². The molecule has 1 N–H and O–H groups in total. The number of fused-ring (bicyclic) bond motifs is 1. The Hall–Kier alpha value is -2.08. The number of methoxy groups -OCH3 is 2. The molecule has 0 atom stereocenters. The van der Waals surface area contributed by atoms with Gasteiger partial charge in [0.25, 0.3) is 0 Å². The van der Waals surface area contributed by atoms with E-state index in [0.717, 1.165) is 5.39 Å². The van der Waals surface area contributed by atoms with Crippen LogP contribution in [0.5, 0.6) is 5.88 Å². The van der Waals surface area contributed by atoms with Crippen LogP contribution in [0.4, 0.5) is 0 Å². The first-order valence-corrected chi connectivity index (χ1v) is 5.44. The van der Waals surface area contributed by atoms with Crippen molar-refractivity contribution in [2.75, 3.05) is 20.8 Å². The second-order valence-corrected chi connectivity index (χ2v) is 3.76. The van der Waals surface area contributed by atoms with Crippen LogP contribution in [0.25, 0.3) is 10.9 Å². The lowest BCUT2D eigenvalue weighted by atomic mass is 10.1. The lowest BCUT2D eigenvalue weighted by molar-refractivity contribution is 0.0697. The van der Waals surface area contributed by atoms with Gasteiger partial charge in [-0.3, -0.25) is 0 Å². The highest BCUT2D eigenvalue weighted by atomic mass is 16.5. The monoisotopic (exact) mass is 250 g/mol. The van der Waals surface area contributed by atoms with Gasteiger partial charge < -0.3 is 14.6 Å². The van der Waals surface area contributed by atoms with E-state index in [-0.39, 0.29) is 5.56 Å². The summed E-state index contributed by atoms with van der Waals surface area (Å²) in [4.78, 5) is 10.9. The van der Waals surface area contributed by atoms with Crippen molar-refractivity contribution in [1.82, 2.24) is 9.78 Å². The van der Waals surface area contributed by atoms with Crippen LogP contribution in [0, 0.1) is 0 Å². The van der Waals surface area contributed by atoms with E-state index in [0.29, 0.717) is 24.5 Å². The van der Waals surface area contributed by atoms with Gasteiger partial charge in [0.2, 0.25) is 5.88 Å². The Balaban J connectivity index is 2.49. The molecule has 6 heteroatoms. The Morgan fingerprint density at radius 2 is 2.22 bits per heavy atom. The van der Waals surface area contributed by atoms with Crippen molar-refractivity contribution in [2.45, 2.75) is 6.54 Å². The van der Waals surface area contributed by atoms with Crippen molar-refractivity contribution in [2.24, 2.45) is 0 Å². The van der Waals surface area contributed by atoms with Gasteiger partial charge in [-0.1, -0.05) is 0 Å². The molecule has 96 valence electrons. The Morgan fingerprint density at radius 3 is 2.83 bits per heavy atom. The molecule has 2 aromatic rings. The van der Waals surface area contributed by atoms with Gasteiger partial charge in [-0.15, -0.1) is 0 Å². The zero-order valence-corrected chi connectivity index (χ0v) is 10.2. The first-order chi connectivity index (χ1) is 8.67. The van der Waals surface area contributed by atoms with Crippen molar-refractivity contribution >= 4 is 16.9 Å². The van der Waals surface area contributed by atoms with Gasteiger partial charge in [-0.25, -0.2) is 9.48 Å². The minimum atomic E-state index is -0.970. The number of carboxylic acids is 1. The molecule has 0 bridgehead atoms. The molecule has 0 aliphatic carbocycles. The van der Waals surface area contributed by atoms with Gasteiger partial charge >= 0.3 is 5.97 Å². The predicted octanol–water partition coefficient (Wildman–Crippen LogP) is 1.39. The highest BCUT2D eigenvalue weighted by Gasteiger charge is 2.13. The van der Waals surface area contributed by atoms with E-state index in [2.05, 4.69) is 5.10 Å². The van der Waals surface area contributed by atoms with E-state index < -0.39 is 5.97 Å². The summed E-state index contributed by atoms with van der Waals surface area (Å²) in [5.41, 5.74) is 0.810. The lowest BCUT2D eigenvalue weighted by Crippen LogP contribution is -2.07. The molecular formula is C12H14N2O4. The van der Waals surface area contributed by atoms with Gasteiger partial charge in [0.15, 0.2) is 0 Å². The molecule has 1 heterocycles. The zero-order valence-electron chi connectivity index (χ0n) is 10.2. The fourth-order valence-corrected chi connectivity index (χ4v) is 1.79.